The maximum Gasteiger partial charge on any atom is 0.0814 e. The molecule has 1 N–H and O–H groups in total. The first kappa shape index (κ1) is 11.4. The van der Waals surface area contributed by atoms with Gasteiger partial charge in [0.05, 0.1) is 18.3 Å². The van der Waals surface area contributed by atoms with E-state index in [1.165, 1.54) is 32.1 Å². The van der Waals surface area contributed by atoms with Crippen LogP contribution >= 0.6 is 0 Å². The molecule has 0 aromatic carbocycles. The van der Waals surface area contributed by atoms with E-state index < -0.39 is 0 Å². The van der Waals surface area contributed by atoms with Gasteiger partial charge in [0.15, 0.2) is 0 Å². The number of rotatable bonds is 2. The van der Waals surface area contributed by atoms with Gasteiger partial charge in [-0.25, -0.2) is 0 Å². The van der Waals surface area contributed by atoms with Gasteiger partial charge in [-0.15, -0.1) is 0 Å². The minimum atomic E-state index is 0.121. The van der Waals surface area contributed by atoms with Crippen LogP contribution in [0.4, 0.5) is 0 Å². The first-order valence-electron chi connectivity index (χ1n) is 6.44. The Bertz CT molecular complexity index is 215. The Kier molecular flexibility index (Phi) is 3.36. The van der Waals surface area contributed by atoms with Crippen molar-refractivity contribution >= 4 is 0 Å². The molecule has 0 aromatic rings. The molecule has 0 radical (unpaired) electrons. The lowest BCUT2D eigenvalue weighted by molar-refractivity contribution is -0.0925. The minimum absolute atomic E-state index is 0.121. The fraction of sp³-hybridized carbons (Fsp3) is 1.00. The molecule has 15 heavy (non-hydrogen) atoms. The van der Waals surface area contributed by atoms with Crippen molar-refractivity contribution in [2.45, 2.75) is 64.1 Å². The second kappa shape index (κ2) is 4.42. The number of ether oxygens (including phenoxy) is 1. The predicted octanol–water partition coefficient (Wildman–Crippen LogP) is 2.74. The summed E-state index contributed by atoms with van der Waals surface area (Å²) in [4.78, 5) is 0. The Labute approximate surface area is 93.0 Å². The molecule has 1 heterocycles. The number of hydrogen-bond donors (Lipinski definition) is 1. The fourth-order valence-corrected chi connectivity index (χ4v) is 3.30. The summed E-state index contributed by atoms with van der Waals surface area (Å²) in [6.07, 6.45) is 7.46. The maximum atomic E-state index is 9.13. The molecule has 0 unspecified atom stereocenters. The van der Waals surface area contributed by atoms with Gasteiger partial charge in [0.2, 0.25) is 0 Å². The molecular weight excluding hydrogens is 188 g/mol. The highest BCUT2D eigenvalue weighted by Crippen LogP contribution is 2.45. The van der Waals surface area contributed by atoms with Gasteiger partial charge in [0, 0.05) is 0 Å². The van der Waals surface area contributed by atoms with E-state index in [1.807, 2.05) is 0 Å². The largest absolute Gasteiger partial charge is 0.394 e. The SMILES string of the molecule is CC(C)[C@@H]1CCC[C@]2(CC[C@@H](CO)O2)C1. The molecule has 2 heteroatoms. The Morgan fingerprint density at radius 3 is 2.73 bits per heavy atom. The van der Waals surface area contributed by atoms with Crippen LogP contribution in [0.5, 0.6) is 0 Å². The van der Waals surface area contributed by atoms with Crippen LogP contribution in [0, 0.1) is 11.8 Å². The van der Waals surface area contributed by atoms with E-state index in [2.05, 4.69) is 13.8 Å². The Hall–Kier alpha value is -0.0800. The molecule has 2 aliphatic rings. The Morgan fingerprint density at radius 1 is 1.33 bits per heavy atom. The van der Waals surface area contributed by atoms with Crippen LogP contribution in [0.15, 0.2) is 0 Å². The Morgan fingerprint density at radius 2 is 2.13 bits per heavy atom. The van der Waals surface area contributed by atoms with Gasteiger partial charge in [-0.05, 0) is 43.9 Å². The summed E-state index contributed by atoms with van der Waals surface area (Å²) in [6.45, 7) is 4.85. The van der Waals surface area contributed by atoms with Crippen LogP contribution < -0.4 is 0 Å². The minimum Gasteiger partial charge on any atom is -0.394 e. The van der Waals surface area contributed by atoms with Crippen LogP contribution in [-0.4, -0.2) is 23.4 Å². The van der Waals surface area contributed by atoms with Gasteiger partial charge in [-0.1, -0.05) is 20.3 Å². The lowest BCUT2D eigenvalue weighted by atomic mass is 9.72. The molecule has 2 nitrogen and oxygen atoms in total. The normalized spacial score (nSPS) is 41.6. The fourth-order valence-electron chi connectivity index (χ4n) is 3.30. The summed E-state index contributed by atoms with van der Waals surface area (Å²) in [7, 11) is 0. The number of hydrogen-bond acceptors (Lipinski definition) is 2. The van der Waals surface area contributed by atoms with Crippen molar-refractivity contribution in [1.82, 2.24) is 0 Å². The van der Waals surface area contributed by atoms with Crippen molar-refractivity contribution in [3.05, 3.63) is 0 Å². The average molecular weight is 212 g/mol. The highest BCUT2D eigenvalue weighted by atomic mass is 16.5. The first-order valence-corrected chi connectivity index (χ1v) is 6.44. The lowest BCUT2D eigenvalue weighted by Gasteiger charge is -2.39. The number of aliphatic hydroxyl groups is 1. The van der Waals surface area contributed by atoms with E-state index in [0.717, 1.165) is 18.3 Å². The smallest absolute Gasteiger partial charge is 0.0814 e. The van der Waals surface area contributed by atoms with E-state index in [0.29, 0.717) is 0 Å². The molecule has 88 valence electrons. The van der Waals surface area contributed by atoms with Crippen molar-refractivity contribution < 1.29 is 9.84 Å². The van der Waals surface area contributed by atoms with Gasteiger partial charge in [-0.2, -0.15) is 0 Å². The second-order valence-electron chi connectivity index (χ2n) is 5.74. The third kappa shape index (κ3) is 2.36. The van der Waals surface area contributed by atoms with E-state index >= 15 is 0 Å². The summed E-state index contributed by atoms with van der Waals surface area (Å²) in [5, 5.41) is 9.13. The molecule has 2 rings (SSSR count). The molecule has 1 spiro atoms. The summed E-state index contributed by atoms with van der Waals surface area (Å²) in [5.74, 6) is 1.61. The monoisotopic (exact) mass is 212 g/mol. The predicted molar refractivity (Wildman–Crippen MR) is 60.7 cm³/mol. The van der Waals surface area contributed by atoms with Gasteiger partial charge >= 0.3 is 0 Å². The van der Waals surface area contributed by atoms with Crippen LogP contribution in [0.2, 0.25) is 0 Å². The van der Waals surface area contributed by atoms with Crippen molar-refractivity contribution in [1.29, 1.82) is 0 Å². The molecule has 1 aliphatic heterocycles. The van der Waals surface area contributed by atoms with E-state index in [-0.39, 0.29) is 18.3 Å². The summed E-state index contributed by atoms with van der Waals surface area (Å²) in [5.41, 5.74) is 0.139. The van der Waals surface area contributed by atoms with Crippen LogP contribution in [-0.2, 0) is 4.74 Å². The molecule has 1 aliphatic carbocycles. The zero-order chi connectivity index (χ0) is 10.9. The van der Waals surface area contributed by atoms with Crippen molar-refractivity contribution in [3.8, 4) is 0 Å². The van der Waals surface area contributed by atoms with Gasteiger partial charge < -0.3 is 9.84 Å². The molecule has 1 saturated heterocycles. The van der Waals surface area contributed by atoms with Crippen LogP contribution in [0.25, 0.3) is 0 Å². The first-order chi connectivity index (χ1) is 7.15. The quantitative estimate of drug-likeness (QED) is 0.762. The zero-order valence-corrected chi connectivity index (χ0v) is 10.0. The van der Waals surface area contributed by atoms with Gasteiger partial charge in [-0.3, -0.25) is 0 Å². The maximum absolute atomic E-state index is 9.13. The molecule has 2 fully saturated rings. The van der Waals surface area contributed by atoms with Crippen LogP contribution in [0.3, 0.4) is 0 Å². The summed E-state index contributed by atoms with van der Waals surface area (Å²) < 4.78 is 6.07. The van der Waals surface area contributed by atoms with Gasteiger partial charge in [0.25, 0.3) is 0 Å². The topological polar surface area (TPSA) is 29.5 Å². The summed E-state index contributed by atoms with van der Waals surface area (Å²) >= 11 is 0. The standard InChI is InChI=1S/C13H24O2/c1-10(2)11-4-3-6-13(8-11)7-5-12(9-14)15-13/h10-12,14H,3-9H2,1-2H3/t11-,12+,13+/m1/s1. The molecule has 0 aromatic heterocycles. The highest BCUT2D eigenvalue weighted by molar-refractivity contribution is 4.94. The highest BCUT2D eigenvalue weighted by Gasteiger charge is 2.43. The lowest BCUT2D eigenvalue weighted by Crippen LogP contribution is -2.37. The molecule has 3 atom stereocenters. The van der Waals surface area contributed by atoms with Crippen molar-refractivity contribution in [3.63, 3.8) is 0 Å². The van der Waals surface area contributed by atoms with E-state index in [4.69, 9.17) is 9.84 Å². The van der Waals surface area contributed by atoms with Crippen molar-refractivity contribution in [2.24, 2.45) is 11.8 Å². The molecule has 1 saturated carbocycles. The van der Waals surface area contributed by atoms with Gasteiger partial charge in [0.1, 0.15) is 0 Å². The molecule has 0 bridgehead atoms. The van der Waals surface area contributed by atoms with Crippen LogP contribution in [0.1, 0.15) is 52.4 Å². The van der Waals surface area contributed by atoms with E-state index in [9.17, 15) is 0 Å². The third-order valence-corrected chi connectivity index (χ3v) is 4.33. The Balaban J connectivity index is 1.97. The summed E-state index contributed by atoms with van der Waals surface area (Å²) in [6, 6.07) is 0. The third-order valence-electron chi connectivity index (χ3n) is 4.33. The molecule has 0 amide bonds. The number of aliphatic hydroxyl groups excluding tert-OH is 1. The zero-order valence-electron chi connectivity index (χ0n) is 10.0. The average Bonchev–Trinajstić information content (AvgIpc) is 2.61. The molecular formula is C13H24O2. The second-order valence-corrected chi connectivity index (χ2v) is 5.74. The van der Waals surface area contributed by atoms with Crippen molar-refractivity contribution in [2.75, 3.05) is 6.61 Å². The van der Waals surface area contributed by atoms with E-state index in [1.54, 1.807) is 0 Å².